The molecule has 2 saturated heterocycles. The van der Waals surface area contributed by atoms with E-state index in [4.69, 9.17) is 4.74 Å². The first-order valence-corrected chi connectivity index (χ1v) is 4.66. The minimum atomic E-state index is 0.112. The summed E-state index contributed by atoms with van der Waals surface area (Å²) in [5, 5.41) is 0. The molecule has 0 aliphatic carbocycles. The van der Waals surface area contributed by atoms with E-state index >= 15 is 0 Å². The highest BCUT2D eigenvalue weighted by Gasteiger charge is 2.53. The SMILES string of the molecule is CC1OC1(C)N1CCCCC1. The van der Waals surface area contributed by atoms with Gasteiger partial charge in [0.15, 0.2) is 0 Å². The molecule has 0 radical (unpaired) electrons. The van der Waals surface area contributed by atoms with Crippen molar-refractivity contribution in [3.05, 3.63) is 0 Å². The van der Waals surface area contributed by atoms with Gasteiger partial charge in [0, 0.05) is 13.1 Å². The van der Waals surface area contributed by atoms with Crippen molar-refractivity contribution in [2.45, 2.75) is 44.9 Å². The zero-order valence-electron chi connectivity index (χ0n) is 7.47. The molecule has 2 rings (SSSR count). The number of epoxide rings is 1. The smallest absolute Gasteiger partial charge is 0.145 e. The van der Waals surface area contributed by atoms with Crippen molar-refractivity contribution < 1.29 is 4.74 Å². The largest absolute Gasteiger partial charge is 0.351 e. The maximum absolute atomic E-state index is 5.57. The van der Waals surface area contributed by atoms with E-state index in [-0.39, 0.29) is 5.72 Å². The van der Waals surface area contributed by atoms with Crippen LogP contribution in [0.4, 0.5) is 0 Å². The molecule has 0 amide bonds. The van der Waals surface area contributed by atoms with Crippen molar-refractivity contribution in [1.29, 1.82) is 0 Å². The van der Waals surface area contributed by atoms with Crippen LogP contribution in [0.15, 0.2) is 0 Å². The van der Waals surface area contributed by atoms with Crippen LogP contribution in [0.1, 0.15) is 33.1 Å². The van der Waals surface area contributed by atoms with E-state index in [9.17, 15) is 0 Å². The molecule has 0 bridgehead atoms. The molecule has 11 heavy (non-hydrogen) atoms. The Morgan fingerprint density at radius 3 is 2.27 bits per heavy atom. The van der Waals surface area contributed by atoms with Crippen LogP contribution in [-0.2, 0) is 4.74 Å². The molecule has 2 fully saturated rings. The first-order chi connectivity index (χ1) is 5.23. The van der Waals surface area contributed by atoms with Crippen molar-refractivity contribution in [2.24, 2.45) is 0 Å². The molecule has 2 aliphatic rings. The van der Waals surface area contributed by atoms with Crippen molar-refractivity contribution >= 4 is 0 Å². The van der Waals surface area contributed by atoms with Crippen LogP contribution in [0, 0.1) is 0 Å². The van der Waals surface area contributed by atoms with Gasteiger partial charge in [-0.25, -0.2) is 0 Å². The van der Waals surface area contributed by atoms with Crippen LogP contribution in [0.2, 0.25) is 0 Å². The molecule has 0 aromatic rings. The zero-order chi connectivity index (χ0) is 7.90. The van der Waals surface area contributed by atoms with E-state index in [0.29, 0.717) is 6.10 Å². The number of likely N-dealkylation sites (tertiary alicyclic amines) is 1. The monoisotopic (exact) mass is 155 g/mol. The van der Waals surface area contributed by atoms with Gasteiger partial charge in [0.1, 0.15) is 5.72 Å². The number of nitrogens with zero attached hydrogens (tertiary/aromatic N) is 1. The fourth-order valence-corrected chi connectivity index (χ4v) is 1.99. The summed E-state index contributed by atoms with van der Waals surface area (Å²) in [5.41, 5.74) is 0.112. The summed E-state index contributed by atoms with van der Waals surface area (Å²) in [6.07, 6.45) is 4.57. The fourth-order valence-electron chi connectivity index (χ4n) is 1.99. The Morgan fingerprint density at radius 2 is 1.82 bits per heavy atom. The van der Waals surface area contributed by atoms with Crippen LogP contribution >= 0.6 is 0 Å². The van der Waals surface area contributed by atoms with Gasteiger partial charge in [-0.05, 0) is 26.7 Å². The van der Waals surface area contributed by atoms with Gasteiger partial charge >= 0.3 is 0 Å². The molecule has 0 aromatic heterocycles. The molecule has 2 nitrogen and oxygen atoms in total. The Hall–Kier alpha value is -0.0800. The molecule has 2 heteroatoms. The minimum Gasteiger partial charge on any atom is -0.351 e. The van der Waals surface area contributed by atoms with Gasteiger partial charge in [-0.1, -0.05) is 6.42 Å². The average molecular weight is 155 g/mol. The van der Waals surface area contributed by atoms with Gasteiger partial charge in [-0.3, -0.25) is 4.90 Å². The third-order valence-corrected chi connectivity index (χ3v) is 3.10. The standard InChI is InChI=1S/C9H17NO/c1-8-9(2,11-8)10-6-4-3-5-7-10/h8H,3-7H2,1-2H3. The highest BCUT2D eigenvalue weighted by atomic mass is 16.6. The molecule has 0 aromatic carbocycles. The first-order valence-electron chi connectivity index (χ1n) is 4.66. The van der Waals surface area contributed by atoms with Gasteiger partial charge < -0.3 is 4.74 Å². The summed E-state index contributed by atoms with van der Waals surface area (Å²) >= 11 is 0. The Labute approximate surface area is 68.5 Å². The third-order valence-electron chi connectivity index (χ3n) is 3.10. The summed E-state index contributed by atoms with van der Waals surface area (Å²) in [6, 6.07) is 0. The lowest BCUT2D eigenvalue weighted by Gasteiger charge is -2.30. The molecule has 0 saturated carbocycles. The number of ether oxygens (including phenoxy) is 1. The van der Waals surface area contributed by atoms with Gasteiger partial charge in [0.25, 0.3) is 0 Å². The van der Waals surface area contributed by atoms with Gasteiger partial charge in [0.05, 0.1) is 6.10 Å². The second-order valence-electron chi connectivity index (χ2n) is 3.86. The summed E-state index contributed by atoms with van der Waals surface area (Å²) in [6.45, 7) is 6.85. The van der Waals surface area contributed by atoms with Crippen molar-refractivity contribution in [1.82, 2.24) is 4.90 Å². The van der Waals surface area contributed by atoms with Crippen LogP contribution in [0.25, 0.3) is 0 Å². The number of piperidine rings is 1. The molecule has 0 spiro atoms. The second kappa shape index (κ2) is 2.46. The lowest BCUT2D eigenvalue weighted by Crippen LogP contribution is -2.41. The normalized spacial score (nSPS) is 45.8. The zero-order valence-corrected chi connectivity index (χ0v) is 7.47. The van der Waals surface area contributed by atoms with E-state index in [1.54, 1.807) is 0 Å². The van der Waals surface area contributed by atoms with Crippen LogP contribution in [0.5, 0.6) is 0 Å². The Balaban J connectivity index is 1.94. The molecule has 2 heterocycles. The molecule has 64 valence electrons. The number of rotatable bonds is 1. The van der Waals surface area contributed by atoms with E-state index in [0.717, 1.165) is 0 Å². The summed E-state index contributed by atoms with van der Waals surface area (Å²) in [4.78, 5) is 2.49. The topological polar surface area (TPSA) is 15.8 Å². The first kappa shape index (κ1) is 7.56. The average Bonchev–Trinajstić information content (AvgIpc) is 2.64. The van der Waals surface area contributed by atoms with Crippen molar-refractivity contribution in [2.75, 3.05) is 13.1 Å². The molecule has 2 unspecified atom stereocenters. The molecule has 2 aliphatic heterocycles. The molecular formula is C9H17NO. The summed E-state index contributed by atoms with van der Waals surface area (Å²) in [5.74, 6) is 0. The van der Waals surface area contributed by atoms with E-state index in [1.165, 1.54) is 32.4 Å². The van der Waals surface area contributed by atoms with Crippen LogP contribution < -0.4 is 0 Å². The van der Waals surface area contributed by atoms with E-state index < -0.39 is 0 Å². The predicted octanol–water partition coefficient (Wildman–Crippen LogP) is 1.61. The molecule has 0 N–H and O–H groups in total. The Kier molecular flexibility index (Phi) is 1.69. The lowest BCUT2D eigenvalue weighted by molar-refractivity contribution is 0.0739. The number of hydrogen-bond donors (Lipinski definition) is 0. The summed E-state index contributed by atoms with van der Waals surface area (Å²) < 4.78 is 5.57. The second-order valence-corrected chi connectivity index (χ2v) is 3.86. The maximum Gasteiger partial charge on any atom is 0.145 e. The fraction of sp³-hybridized carbons (Fsp3) is 1.00. The maximum atomic E-state index is 5.57. The minimum absolute atomic E-state index is 0.112. The highest BCUT2D eigenvalue weighted by Crippen LogP contribution is 2.40. The third kappa shape index (κ3) is 1.18. The number of hydrogen-bond acceptors (Lipinski definition) is 2. The van der Waals surface area contributed by atoms with Crippen molar-refractivity contribution in [3.63, 3.8) is 0 Å². The lowest BCUT2D eigenvalue weighted by atomic mass is 10.1. The van der Waals surface area contributed by atoms with E-state index in [2.05, 4.69) is 18.7 Å². The van der Waals surface area contributed by atoms with Crippen LogP contribution in [-0.4, -0.2) is 29.8 Å². The van der Waals surface area contributed by atoms with Gasteiger partial charge in [0.2, 0.25) is 0 Å². The Morgan fingerprint density at radius 1 is 1.27 bits per heavy atom. The quantitative estimate of drug-likeness (QED) is 0.535. The van der Waals surface area contributed by atoms with E-state index in [1.807, 2.05) is 0 Å². The predicted molar refractivity (Wildman–Crippen MR) is 44.4 cm³/mol. The van der Waals surface area contributed by atoms with Gasteiger partial charge in [-0.2, -0.15) is 0 Å². The summed E-state index contributed by atoms with van der Waals surface area (Å²) in [7, 11) is 0. The van der Waals surface area contributed by atoms with Gasteiger partial charge in [-0.15, -0.1) is 0 Å². The van der Waals surface area contributed by atoms with Crippen LogP contribution in [0.3, 0.4) is 0 Å². The Bertz CT molecular complexity index is 154. The van der Waals surface area contributed by atoms with Crippen molar-refractivity contribution in [3.8, 4) is 0 Å². The molecular weight excluding hydrogens is 138 g/mol. The highest BCUT2D eigenvalue weighted by molar-refractivity contribution is 4.96. The molecule has 2 atom stereocenters.